The summed E-state index contributed by atoms with van der Waals surface area (Å²) in [5.74, 6) is -0.0387. The topological polar surface area (TPSA) is 46.9 Å². The number of aryl methyl sites for hydroxylation is 1. The van der Waals surface area contributed by atoms with Crippen molar-refractivity contribution in [2.75, 3.05) is 0 Å². The highest BCUT2D eigenvalue weighted by molar-refractivity contribution is 9.10. The molecule has 5 heteroatoms. The first-order valence-electron chi connectivity index (χ1n) is 6.70. The number of carbonyl (C=O) groups excluding carboxylic acids is 1. The molecule has 0 atom stereocenters. The van der Waals surface area contributed by atoms with E-state index in [9.17, 15) is 4.79 Å². The summed E-state index contributed by atoms with van der Waals surface area (Å²) in [5.41, 5.74) is 2.71. The summed E-state index contributed by atoms with van der Waals surface area (Å²) in [5, 5.41) is 2.95. The molecule has 0 aliphatic heterocycles. The Bertz CT molecular complexity index is 629. The van der Waals surface area contributed by atoms with E-state index in [0.717, 1.165) is 34.3 Å². The maximum Gasteiger partial charge on any atom is 0.268 e. The number of halogens is 1. The van der Waals surface area contributed by atoms with Crippen LogP contribution in [0, 0.1) is 6.92 Å². The van der Waals surface area contributed by atoms with Gasteiger partial charge in [-0.2, -0.15) is 0 Å². The molecule has 0 bridgehead atoms. The van der Waals surface area contributed by atoms with Crippen molar-refractivity contribution in [1.29, 1.82) is 0 Å². The molecule has 2 aromatic rings. The first-order valence-corrected chi connectivity index (χ1v) is 7.50. The molecular formula is C15H16BrN3O. The van der Waals surface area contributed by atoms with Crippen LogP contribution in [-0.4, -0.2) is 15.5 Å². The van der Waals surface area contributed by atoms with E-state index in [2.05, 4.69) is 30.8 Å². The molecule has 0 aromatic carbocycles. The predicted molar refractivity (Wildman–Crippen MR) is 80.5 cm³/mol. The predicted octanol–water partition coefficient (Wildman–Crippen LogP) is 3.22. The van der Waals surface area contributed by atoms with Crippen molar-refractivity contribution >= 4 is 21.8 Å². The van der Waals surface area contributed by atoms with Crippen molar-refractivity contribution in [3.63, 3.8) is 0 Å². The van der Waals surface area contributed by atoms with E-state index in [-0.39, 0.29) is 5.91 Å². The molecule has 0 unspecified atom stereocenters. The van der Waals surface area contributed by atoms with Crippen LogP contribution in [0.15, 0.2) is 35.1 Å². The SMILES string of the molecule is Cc1ccc(CNC(=O)c2cc(Br)cn2C2CC2)cn1. The molecule has 1 fully saturated rings. The van der Waals surface area contributed by atoms with Crippen molar-refractivity contribution in [2.45, 2.75) is 32.4 Å². The van der Waals surface area contributed by atoms with Crippen LogP contribution in [0.25, 0.3) is 0 Å². The lowest BCUT2D eigenvalue weighted by atomic mass is 10.2. The zero-order valence-corrected chi connectivity index (χ0v) is 12.9. The van der Waals surface area contributed by atoms with E-state index >= 15 is 0 Å². The highest BCUT2D eigenvalue weighted by Gasteiger charge is 2.27. The molecule has 1 aliphatic carbocycles. The summed E-state index contributed by atoms with van der Waals surface area (Å²) in [4.78, 5) is 16.5. The summed E-state index contributed by atoms with van der Waals surface area (Å²) < 4.78 is 3.01. The van der Waals surface area contributed by atoms with E-state index in [1.165, 1.54) is 0 Å². The van der Waals surface area contributed by atoms with Crippen molar-refractivity contribution < 1.29 is 4.79 Å². The number of nitrogens with zero attached hydrogens (tertiary/aromatic N) is 2. The molecule has 2 aromatic heterocycles. The summed E-state index contributed by atoms with van der Waals surface area (Å²) in [7, 11) is 0. The van der Waals surface area contributed by atoms with Crippen molar-refractivity contribution in [3.8, 4) is 0 Å². The van der Waals surface area contributed by atoms with Crippen LogP contribution < -0.4 is 5.32 Å². The van der Waals surface area contributed by atoms with Gasteiger partial charge >= 0.3 is 0 Å². The van der Waals surface area contributed by atoms with Gasteiger partial charge in [0, 0.05) is 35.1 Å². The van der Waals surface area contributed by atoms with Crippen LogP contribution in [0.5, 0.6) is 0 Å². The van der Waals surface area contributed by atoms with Gasteiger partial charge in [-0.1, -0.05) is 6.07 Å². The minimum atomic E-state index is -0.0387. The number of pyridine rings is 1. The highest BCUT2D eigenvalue weighted by atomic mass is 79.9. The van der Waals surface area contributed by atoms with Gasteiger partial charge in [0.1, 0.15) is 5.69 Å². The molecule has 0 radical (unpaired) electrons. The van der Waals surface area contributed by atoms with Gasteiger partial charge in [0.2, 0.25) is 0 Å². The summed E-state index contributed by atoms with van der Waals surface area (Å²) in [6.45, 7) is 2.45. The molecule has 20 heavy (non-hydrogen) atoms. The largest absolute Gasteiger partial charge is 0.347 e. The van der Waals surface area contributed by atoms with Crippen LogP contribution in [0.1, 0.15) is 40.6 Å². The van der Waals surface area contributed by atoms with Gasteiger partial charge in [-0.15, -0.1) is 0 Å². The van der Waals surface area contributed by atoms with E-state index in [1.807, 2.05) is 31.3 Å². The van der Waals surface area contributed by atoms with Crippen molar-refractivity contribution in [1.82, 2.24) is 14.9 Å². The number of hydrogen-bond acceptors (Lipinski definition) is 2. The standard InChI is InChI=1S/C15H16BrN3O/c1-10-2-3-11(7-17-10)8-18-15(20)14-6-12(16)9-19(14)13-4-5-13/h2-3,6-7,9,13H,4-5,8H2,1H3,(H,18,20). The minimum absolute atomic E-state index is 0.0387. The fourth-order valence-electron chi connectivity index (χ4n) is 2.16. The Labute approximate surface area is 126 Å². The third kappa shape index (κ3) is 2.93. The summed E-state index contributed by atoms with van der Waals surface area (Å²) in [6, 6.07) is 6.30. The number of aromatic nitrogens is 2. The second-order valence-corrected chi connectivity index (χ2v) is 6.09. The Morgan fingerprint density at radius 3 is 2.95 bits per heavy atom. The van der Waals surface area contributed by atoms with Gasteiger partial charge in [0.05, 0.1) is 0 Å². The van der Waals surface area contributed by atoms with Crippen LogP contribution in [-0.2, 0) is 6.54 Å². The molecule has 1 amide bonds. The third-order valence-electron chi connectivity index (χ3n) is 3.41. The van der Waals surface area contributed by atoms with Crippen LogP contribution in [0.3, 0.4) is 0 Å². The van der Waals surface area contributed by atoms with Gasteiger partial charge in [-0.3, -0.25) is 9.78 Å². The second-order valence-electron chi connectivity index (χ2n) is 5.17. The zero-order chi connectivity index (χ0) is 14.1. The molecule has 0 spiro atoms. The maximum absolute atomic E-state index is 12.3. The first kappa shape index (κ1) is 13.4. The number of nitrogens with one attached hydrogen (secondary N) is 1. The minimum Gasteiger partial charge on any atom is -0.347 e. The lowest BCUT2D eigenvalue weighted by Crippen LogP contribution is -2.25. The molecule has 1 saturated carbocycles. The Morgan fingerprint density at radius 2 is 2.30 bits per heavy atom. The molecule has 0 saturated heterocycles. The van der Waals surface area contributed by atoms with E-state index in [1.54, 1.807) is 6.20 Å². The Kier molecular flexibility index (Phi) is 3.61. The van der Waals surface area contributed by atoms with Crippen LogP contribution in [0.4, 0.5) is 0 Å². The summed E-state index contributed by atoms with van der Waals surface area (Å²) in [6.07, 6.45) is 6.10. The van der Waals surface area contributed by atoms with E-state index < -0.39 is 0 Å². The summed E-state index contributed by atoms with van der Waals surface area (Å²) >= 11 is 3.44. The fourth-order valence-corrected chi connectivity index (χ4v) is 2.60. The lowest BCUT2D eigenvalue weighted by Gasteiger charge is -2.08. The molecule has 1 N–H and O–H groups in total. The van der Waals surface area contributed by atoms with Gasteiger partial charge in [0.25, 0.3) is 5.91 Å². The number of rotatable bonds is 4. The van der Waals surface area contributed by atoms with Gasteiger partial charge in [-0.05, 0) is 53.4 Å². The van der Waals surface area contributed by atoms with Gasteiger partial charge < -0.3 is 9.88 Å². The molecule has 104 valence electrons. The average molecular weight is 334 g/mol. The lowest BCUT2D eigenvalue weighted by molar-refractivity contribution is 0.0941. The monoisotopic (exact) mass is 333 g/mol. The zero-order valence-electron chi connectivity index (χ0n) is 11.3. The third-order valence-corrected chi connectivity index (χ3v) is 3.85. The molecule has 2 heterocycles. The molecule has 3 rings (SSSR count). The average Bonchev–Trinajstić information content (AvgIpc) is 3.20. The quantitative estimate of drug-likeness (QED) is 0.933. The second kappa shape index (κ2) is 5.40. The molecule has 4 nitrogen and oxygen atoms in total. The number of amides is 1. The van der Waals surface area contributed by atoms with Gasteiger partial charge in [0.15, 0.2) is 0 Å². The number of carbonyl (C=O) groups is 1. The molecular weight excluding hydrogens is 318 g/mol. The first-order chi connectivity index (χ1) is 9.63. The fraction of sp³-hybridized carbons (Fsp3) is 0.333. The van der Waals surface area contributed by atoms with Crippen LogP contribution >= 0.6 is 15.9 Å². The van der Waals surface area contributed by atoms with Crippen molar-refractivity contribution in [2.24, 2.45) is 0 Å². The van der Waals surface area contributed by atoms with Crippen LogP contribution in [0.2, 0.25) is 0 Å². The maximum atomic E-state index is 12.3. The smallest absolute Gasteiger partial charge is 0.268 e. The Hall–Kier alpha value is -1.62. The van der Waals surface area contributed by atoms with E-state index in [4.69, 9.17) is 0 Å². The number of hydrogen-bond donors (Lipinski definition) is 1. The highest BCUT2D eigenvalue weighted by Crippen LogP contribution is 2.37. The molecule has 1 aliphatic rings. The normalized spacial score (nSPS) is 14.3. The van der Waals surface area contributed by atoms with Gasteiger partial charge in [-0.25, -0.2) is 0 Å². The Balaban J connectivity index is 1.68. The van der Waals surface area contributed by atoms with E-state index in [0.29, 0.717) is 12.6 Å². The van der Waals surface area contributed by atoms with Crippen molar-refractivity contribution in [3.05, 3.63) is 52.0 Å². The Morgan fingerprint density at radius 1 is 1.50 bits per heavy atom.